The normalized spacial score (nSPS) is 14.0. The van der Waals surface area contributed by atoms with Crippen molar-refractivity contribution in [2.24, 2.45) is 23.3 Å². The third-order valence-corrected chi connectivity index (χ3v) is 16.3. The number of ketones is 3. The number of ether oxygens (including phenoxy) is 7. The summed E-state index contributed by atoms with van der Waals surface area (Å²) in [6, 6.07) is 28.7. The molecule has 5 aromatic carbocycles. The Labute approximate surface area is 570 Å². The van der Waals surface area contributed by atoms with Crippen LogP contribution in [0, 0.1) is 25.7 Å². The van der Waals surface area contributed by atoms with Crippen molar-refractivity contribution in [3.05, 3.63) is 142 Å². The number of primary amides is 1. The summed E-state index contributed by atoms with van der Waals surface area (Å²) in [5.74, 6) is -5.11. The summed E-state index contributed by atoms with van der Waals surface area (Å²) < 4.78 is 41.1. The van der Waals surface area contributed by atoms with E-state index in [1.807, 2.05) is 77.1 Å². The quantitative estimate of drug-likeness (QED) is 0.0211. The summed E-state index contributed by atoms with van der Waals surface area (Å²) in [6.07, 6.45) is 2.81. The van der Waals surface area contributed by atoms with Crippen molar-refractivity contribution >= 4 is 41.0 Å². The summed E-state index contributed by atoms with van der Waals surface area (Å²) in [5, 5.41) is 5.96. The molecule has 0 aliphatic heterocycles. The molecule has 18 heteroatoms. The molecule has 0 heterocycles. The van der Waals surface area contributed by atoms with Crippen LogP contribution in [0.25, 0.3) is 11.1 Å². The molecule has 0 aliphatic rings. The molecule has 0 aliphatic carbocycles. The number of nitrogens with two attached hydrogens (primary N) is 2. The molecule has 0 saturated carbocycles. The second-order valence-corrected chi connectivity index (χ2v) is 28.2. The van der Waals surface area contributed by atoms with Gasteiger partial charge in [0.1, 0.15) is 28.6 Å². The highest BCUT2D eigenvalue weighted by Crippen LogP contribution is 2.38. The van der Waals surface area contributed by atoms with Gasteiger partial charge in [-0.1, -0.05) is 105 Å². The fourth-order valence-electron chi connectivity index (χ4n) is 11.6. The molecule has 3 amide bonds. The number of Topliss-reactive ketones (excluding diaryl/α,β-unsaturated/α-hetero) is 3. The van der Waals surface area contributed by atoms with E-state index in [2.05, 4.69) is 48.7 Å². The predicted octanol–water partition coefficient (Wildman–Crippen LogP) is 12.5. The largest absolute Gasteiger partial charge is 0.497 e. The second-order valence-electron chi connectivity index (χ2n) is 28.2. The van der Waals surface area contributed by atoms with E-state index in [0.717, 1.165) is 64.8 Å². The Morgan fingerprint density at radius 3 is 1.79 bits per heavy atom. The average Bonchev–Trinajstić information content (AvgIpc) is 0.824. The highest BCUT2D eigenvalue weighted by molar-refractivity contribution is 5.97. The molecule has 0 aromatic heterocycles. The number of aryl methyl sites for hydroxylation is 4. The number of benzene rings is 5. The number of carbonyl (C=O) groups is 7. The lowest BCUT2D eigenvalue weighted by molar-refractivity contribution is -0.156. The molecule has 0 fully saturated rings. The van der Waals surface area contributed by atoms with Gasteiger partial charge < -0.3 is 55.3 Å². The SMILES string of the molecule is CCCCCOc1ccc(-c2ccc(C[C@H](CC(=O)[C@H](CC(=O)OC(C)(C)C)NC(=O)[C@H](COC(C)(C)C)CC(=O)[C@@H](N)[C@@H](C)OC(C)(C)C)C(=O)N[C@@H](CCCc3cc(C)cc(C)c3)C(=O)CC(c3ccc(OCC(N)=O)cc3)c3ccc(OC)cc3OC)cc2)c(CC)c1. The van der Waals surface area contributed by atoms with Gasteiger partial charge in [0.2, 0.25) is 11.8 Å². The van der Waals surface area contributed by atoms with Gasteiger partial charge in [-0.2, -0.15) is 0 Å². The van der Waals surface area contributed by atoms with Crippen molar-refractivity contribution in [1.82, 2.24) is 10.6 Å². The van der Waals surface area contributed by atoms with Gasteiger partial charge in [0, 0.05) is 42.7 Å². The van der Waals surface area contributed by atoms with E-state index in [0.29, 0.717) is 53.4 Å². The third kappa shape index (κ3) is 26.6. The topological polar surface area (TPSA) is 260 Å². The molecule has 7 atom stereocenters. The van der Waals surface area contributed by atoms with Crippen LogP contribution in [0.2, 0.25) is 0 Å². The maximum Gasteiger partial charge on any atom is 0.308 e. The van der Waals surface area contributed by atoms with Crippen molar-refractivity contribution in [1.29, 1.82) is 0 Å². The number of hydrogen-bond acceptors (Lipinski definition) is 15. The molecule has 0 saturated heterocycles. The van der Waals surface area contributed by atoms with Crippen LogP contribution in [0.4, 0.5) is 0 Å². The summed E-state index contributed by atoms with van der Waals surface area (Å²) in [4.78, 5) is 101. The molecule has 1 unspecified atom stereocenters. The standard InChI is InChI=1S/C78H108N4O14/c1-17-19-20-36-92-61-33-34-62(54(18-2)41-61)55-26-24-52(25-27-55)40-57(42-67(83)66(46-72(87)96-78(12,13)14)82-75(89)58(47-94-76(6,7)8)43-69(85)73(80)51(5)95-77(9,10)11)74(88)81-65(23-21-22-53-38-49(3)37-50(4)39-53)68(84)45-64(63-35-32-60(90-15)44-70(63)91-16)56-28-30-59(31-29-56)93-48-71(79)86/h24-35,37-39,41,44,51,57-58,64-66,73H,17-23,36,40,42-43,45-48,80H2,1-16H3,(H2,79,86)(H,81,88)(H,82,89)/t51-,57-,58+,64?,65+,66+,73+/m1/s1. The van der Waals surface area contributed by atoms with Crippen molar-refractivity contribution in [3.8, 4) is 34.1 Å². The van der Waals surface area contributed by atoms with Gasteiger partial charge in [0.15, 0.2) is 24.0 Å². The fraction of sp³-hybridized carbons (Fsp3) is 0.526. The van der Waals surface area contributed by atoms with E-state index in [1.165, 1.54) is 7.11 Å². The molecule has 5 aromatic rings. The van der Waals surface area contributed by atoms with Crippen LogP contribution < -0.4 is 41.0 Å². The number of hydrogen-bond donors (Lipinski definition) is 4. The van der Waals surface area contributed by atoms with Gasteiger partial charge in [-0.05, 0) is 185 Å². The zero-order chi connectivity index (χ0) is 71.1. The van der Waals surface area contributed by atoms with Crippen molar-refractivity contribution in [2.45, 2.75) is 221 Å². The number of rotatable bonds is 39. The van der Waals surface area contributed by atoms with Crippen LogP contribution in [0.5, 0.6) is 23.0 Å². The molecular formula is C78H108N4O14. The number of esters is 1. The lowest BCUT2D eigenvalue weighted by Gasteiger charge is -2.30. The average molecular weight is 1330 g/mol. The summed E-state index contributed by atoms with van der Waals surface area (Å²) in [5.41, 5.74) is 17.8. The zero-order valence-corrected chi connectivity index (χ0v) is 59.8. The fourth-order valence-corrected chi connectivity index (χ4v) is 11.6. The molecule has 524 valence electrons. The third-order valence-electron chi connectivity index (χ3n) is 16.3. The van der Waals surface area contributed by atoms with Gasteiger partial charge >= 0.3 is 5.97 Å². The van der Waals surface area contributed by atoms with E-state index in [4.69, 9.17) is 44.6 Å². The molecule has 18 nitrogen and oxygen atoms in total. The monoisotopic (exact) mass is 1320 g/mol. The van der Waals surface area contributed by atoms with E-state index >= 15 is 14.4 Å². The smallest absolute Gasteiger partial charge is 0.308 e. The zero-order valence-electron chi connectivity index (χ0n) is 59.8. The van der Waals surface area contributed by atoms with Crippen LogP contribution in [-0.2, 0) is 67.0 Å². The highest BCUT2D eigenvalue weighted by Gasteiger charge is 2.37. The molecule has 0 radical (unpaired) electrons. The van der Waals surface area contributed by atoms with Gasteiger partial charge in [0.25, 0.3) is 5.91 Å². The Morgan fingerprint density at radius 2 is 1.20 bits per heavy atom. The molecular weight excluding hydrogens is 1220 g/mol. The van der Waals surface area contributed by atoms with Gasteiger partial charge in [-0.3, -0.25) is 33.6 Å². The second kappa shape index (κ2) is 37.0. The van der Waals surface area contributed by atoms with E-state index < -0.39 is 107 Å². The number of methoxy groups -OCH3 is 2. The van der Waals surface area contributed by atoms with Crippen LogP contribution in [0.3, 0.4) is 0 Å². The molecule has 0 bridgehead atoms. The van der Waals surface area contributed by atoms with Gasteiger partial charge in [-0.15, -0.1) is 0 Å². The van der Waals surface area contributed by atoms with E-state index in [9.17, 15) is 19.2 Å². The van der Waals surface area contributed by atoms with Crippen LogP contribution in [0.15, 0.2) is 103 Å². The highest BCUT2D eigenvalue weighted by atomic mass is 16.6. The number of unbranched alkanes of at least 4 members (excludes halogenated alkanes) is 2. The molecule has 5 rings (SSSR count). The Kier molecular flexibility index (Phi) is 30.3. The van der Waals surface area contributed by atoms with Crippen molar-refractivity contribution < 1.29 is 66.7 Å². The first-order valence-electron chi connectivity index (χ1n) is 33.8. The van der Waals surface area contributed by atoms with E-state index in [-0.39, 0.29) is 44.7 Å². The van der Waals surface area contributed by atoms with E-state index in [1.54, 1.807) is 92.0 Å². The first kappa shape index (κ1) is 78.8. The first-order chi connectivity index (χ1) is 45.2. The molecule has 6 N–H and O–H groups in total. The maximum absolute atomic E-state index is 15.7. The van der Waals surface area contributed by atoms with Crippen LogP contribution >= 0.6 is 0 Å². The van der Waals surface area contributed by atoms with Gasteiger partial charge in [0.05, 0.1) is 75.2 Å². The Balaban J connectivity index is 1.62. The van der Waals surface area contributed by atoms with Crippen molar-refractivity contribution in [3.63, 3.8) is 0 Å². The minimum atomic E-state index is -1.55. The summed E-state index contributed by atoms with van der Waals surface area (Å²) in [6.45, 7) is 26.0. The Morgan fingerprint density at radius 1 is 0.583 bits per heavy atom. The number of carbonyl (C=O) groups excluding carboxylic acids is 7. The number of amides is 3. The summed E-state index contributed by atoms with van der Waals surface area (Å²) >= 11 is 0. The Bertz CT molecular complexity index is 3360. The van der Waals surface area contributed by atoms with Crippen molar-refractivity contribution in [2.75, 3.05) is 34.0 Å². The van der Waals surface area contributed by atoms with Gasteiger partial charge in [-0.25, -0.2) is 0 Å². The predicted molar refractivity (Wildman–Crippen MR) is 376 cm³/mol. The first-order valence-corrected chi connectivity index (χ1v) is 33.8. The lowest BCUT2D eigenvalue weighted by atomic mass is 9.84. The van der Waals surface area contributed by atoms with Crippen LogP contribution in [-0.4, -0.2) is 116 Å². The maximum atomic E-state index is 15.7. The van der Waals surface area contributed by atoms with Crippen LogP contribution in [0.1, 0.15) is 186 Å². The molecule has 96 heavy (non-hydrogen) atoms. The minimum Gasteiger partial charge on any atom is -0.497 e. The number of nitrogens with one attached hydrogen (secondary N) is 2. The lowest BCUT2D eigenvalue weighted by Crippen LogP contribution is -2.50. The summed E-state index contributed by atoms with van der Waals surface area (Å²) in [7, 11) is 3.07. The minimum absolute atomic E-state index is 0.00128. The Hall–Kier alpha value is -7.93. The molecule has 0 spiro atoms.